The van der Waals surface area contributed by atoms with Gasteiger partial charge in [0.25, 0.3) is 0 Å². The zero-order valence-corrected chi connectivity index (χ0v) is 21.8. The summed E-state index contributed by atoms with van der Waals surface area (Å²) in [5, 5.41) is 23.5. The molecule has 38 heavy (non-hydrogen) atoms. The SMILES string of the molecule is COCC(=O)N(CCc1cc(OC)ccc1OC)C1C=C(C(=O)NCCO)C2c3ccccc3OC2C1O. The number of nitrogens with one attached hydrogen (secondary N) is 1. The fourth-order valence-corrected chi connectivity index (χ4v) is 5.16. The summed E-state index contributed by atoms with van der Waals surface area (Å²) in [4.78, 5) is 28.0. The van der Waals surface area contributed by atoms with E-state index in [2.05, 4.69) is 5.32 Å². The van der Waals surface area contributed by atoms with Gasteiger partial charge in [0.2, 0.25) is 11.8 Å². The summed E-state index contributed by atoms with van der Waals surface area (Å²) in [6, 6.07) is 11.9. The molecule has 0 fully saturated rings. The molecule has 4 atom stereocenters. The molecule has 3 N–H and O–H groups in total. The van der Waals surface area contributed by atoms with Gasteiger partial charge in [0.05, 0.1) is 32.8 Å². The van der Waals surface area contributed by atoms with Gasteiger partial charge in [0.15, 0.2) is 0 Å². The fraction of sp³-hybridized carbons (Fsp3) is 0.429. The van der Waals surface area contributed by atoms with Crippen molar-refractivity contribution < 1.29 is 38.7 Å². The van der Waals surface area contributed by atoms with Crippen LogP contribution >= 0.6 is 0 Å². The van der Waals surface area contributed by atoms with Crippen molar-refractivity contribution in [2.45, 2.75) is 30.6 Å². The van der Waals surface area contributed by atoms with E-state index in [-0.39, 0.29) is 38.1 Å². The van der Waals surface area contributed by atoms with Crippen molar-refractivity contribution in [2.24, 2.45) is 0 Å². The molecule has 2 aliphatic rings. The van der Waals surface area contributed by atoms with Gasteiger partial charge in [-0.15, -0.1) is 0 Å². The van der Waals surface area contributed by atoms with Crippen LogP contribution in [0.2, 0.25) is 0 Å². The Balaban J connectivity index is 1.70. The van der Waals surface area contributed by atoms with Crippen molar-refractivity contribution in [2.75, 3.05) is 47.6 Å². The number of para-hydroxylation sites is 1. The maximum atomic E-state index is 13.3. The van der Waals surface area contributed by atoms with E-state index in [4.69, 9.17) is 18.9 Å². The molecule has 1 heterocycles. The Labute approximate surface area is 221 Å². The zero-order valence-electron chi connectivity index (χ0n) is 21.8. The molecule has 1 aliphatic carbocycles. The molecule has 10 heteroatoms. The largest absolute Gasteiger partial charge is 0.497 e. The summed E-state index contributed by atoms with van der Waals surface area (Å²) in [7, 11) is 4.57. The van der Waals surface area contributed by atoms with Gasteiger partial charge in [-0.25, -0.2) is 0 Å². The van der Waals surface area contributed by atoms with Crippen LogP contribution in [-0.2, 0) is 20.7 Å². The van der Waals surface area contributed by atoms with E-state index in [1.807, 2.05) is 24.3 Å². The Hall–Kier alpha value is -3.60. The first-order valence-electron chi connectivity index (χ1n) is 12.5. The Morgan fingerprint density at radius 3 is 2.61 bits per heavy atom. The molecular formula is C28H34N2O8. The molecule has 4 rings (SSSR count). The van der Waals surface area contributed by atoms with Crippen molar-refractivity contribution in [3.8, 4) is 17.2 Å². The third-order valence-electron chi connectivity index (χ3n) is 6.93. The number of carbonyl (C=O) groups excluding carboxylic acids is 2. The van der Waals surface area contributed by atoms with Crippen molar-refractivity contribution in [3.05, 3.63) is 65.2 Å². The van der Waals surface area contributed by atoms with Crippen LogP contribution in [0.4, 0.5) is 0 Å². The minimum absolute atomic E-state index is 0.0746. The standard InChI is InChI=1S/C28H34N2O8/c1-35-16-24(32)30(12-10-17-14-18(36-2)8-9-22(17)37-3)21-15-20(28(34)29-11-13-31)25-19-6-4-5-7-23(19)38-27(25)26(21)33/h4-9,14-15,21,25-27,31,33H,10-13,16H2,1-3H3,(H,29,34). The highest BCUT2D eigenvalue weighted by atomic mass is 16.5. The number of ether oxygens (including phenoxy) is 4. The van der Waals surface area contributed by atoms with E-state index in [0.29, 0.717) is 29.2 Å². The van der Waals surface area contributed by atoms with Gasteiger partial charge in [0, 0.05) is 31.3 Å². The average molecular weight is 527 g/mol. The lowest BCUT2D eigenvalue weighted by Crippen LogP contribution is -2.56. The van der Waals surface area contributed by atoms with Crippen molar-refractivity contribution in [1.82, 2.24) is 10.2 Å². The van der Waals surface area contributed by atoms with Gasteiger partial charge >= 0.3 is 0 Å². The first-order valence-corrected chi connectivity index (χ1v) is 12.5. The minimum atomic E-state index is -1.12. The molecule has 4 unspecified atom stereocenters. The topological polar surface area (TPSA) is 127 Å². The average Bonchev–Trinajstić information content (AvgIpc) is 3.33. The van der Waals surface area contributed by atoms with Crippen LogP contribution in [0.3, 0.4) is 0 Å². The number of hydrogen-bond acceptors (Lipinski definition) is 8. The molecule has 0 saturated heterocycles. The molecular weight excluding hydrogens is 492 g/mol. The molecule has 10 nitrogen and oxygen atoms in total. The molecule has 204 valence electrons. The molecule has 0 spiro atoms. The summed E-state index contributed by atoms with van der Waals surface area (Å²) in [6.45, 7) is -0.133. The lowest BCUT2D eigenvalue weighted by Gasteiger charge is -2.40. The Morgan fingerprint density at radius 1 is 1.11 bits per heavy atom. The Kier molecular flexibility index (Phi) is 8.88. The number of hydrogen-bond donors (Lipinski definition) is 3. The summed E-state index contributed by atoms with van der Waals surface area (Å²) < 4.78 is 22.1. The zero-order chi connectivity index (χ0) is 27.2. The summed E-state index contributed by atoms with van der Waals surface area (Å²) >= 11 is 0. The number of rotatable bonds is 11. The van der Waals surface area contributed by atoms with Gasteiger partial charge in [-0.3, -0.25) is 9.59 Å². The number of methoxy groups -OCH3 is 3. The molecule has 0 saturated carbocycles. The van der Waals surface area contributed by atoms with Gasteiger partial charge in [-0.2, -0.15) is 0 Å². The monoisotopic (exact) mass is 526 g/mol. The number of aliphatic hydroxyl groups excluding tert-OH is 2. The number of nitrogens with zero attached hydrogens (tertiary/aromatic N) is 1. The normalized spacial score (nSPS) is 21.4. The van der Waals surface area contributed by atoms with E-state index in [0.717, 1.165) is 11.1 Å². The second-order valence-corrected chi connectivity index (χ2v) is 9.13. The lowest BCUT2D eigenvalue weighted by atomic mass is 9.77. The van der Waals surface area contributed by atoms with Crippen LogP contribution in [0.15, 0.2) is 54.1 Å². The van der Waals surface area contributed by atoms with Crippen LogP contribution in [0, 0.1) is 0 Å². The molecule has 0 radical (unpaired) electrons. The van der Waals surface area contributed by atoms with Crippen LogP contribution < -0.4 is 19.5 Å². The second kappa shape index (κ2) is 12.3. The van der Waals surface area contributed by atoms with Crippen molar-refractivity contribution in [3.63, 3.8) is 0 Å². The number of amides is 2. The maximum Gasteiger partial charge on any atom is 0.249 e. The van der Waals surface area contributed by atoms with Gasteiger partial charge in [-0.1, -0.05) is 18.2 Å². The Bertz CT molecular complexity index is 1180. The highest BCUT2D eigenvalue weighted by Crippen LogP contribution is 2.47. The quantitative estimate of drug-likeness (QED) is 0.397. The number of aliphatic hydroxyl groups is 2. The Morgan fingerprint density at radius 2 is 1.89 bits per heavy atom. The highest BCUT2D eigenvalue weighted by molar-refractivity contribution is 5.96. The lowest BCUT2D eigenvalue weighted by molar-refractivity contribution is -0.141. The smallest absolute Gasteiger partial charge is 0.249 e. The molecule has 2 aromatic rings. The van der Waals surface area contributed by atoms with Crippen LogP contribution in [0.5, 0.6) is 17.2 Å². The van der Waals surface area contributed by atoms with E-state index in [9.17, 15) is 19.8 Å². The van der Waals surface area contributed by atoms with Crippen molar-refractivity contribution >= 4 is 11.8 Å². The third kappa shape index (κ3) is 5.47. The van der Waals surface area contributed by atoms with Crippen molar-refractivity contribution in [1.29, 1.82) is 0 Å². The van der Waals surface area contributed by atoms with E-state index in [1.165, 1.54) is 12.0 Å². The first kappa shape index (κ1) is 27.4. The number of fused-ring (bicyclic) bond motifs is 3. The molecule has 0 aromatic heterocycles. The van der Waals surface area contributed by atoms with Crippen LogP contribution in [-0.4, -0.2) is 92.8 Å². The predicted octanol–water partition coefficient (Wildman–Crippen LogP) is 1.04. The van der Waals surface area contributed by atoms with E-state index in [1.54, 1.807) is 38.5 Å². The highest BCUT2D eigenvalue weighted by Gasteiger charge is 2.50. The van der Waals surface area contributed by atoms with Crippen LogP contribution in [0.25, 0.3) is 0 Å². The van der Waals surface area contributed by atoms with E-state index >= 15 is 0 Å². The predicted molar refractivity (Wildman–Crippen MR) is 138 cm³/mol. The van der Waals surface area contributed by atoms with E-state index < -0.39 is 24.2 Å². The molecule has 2 aromatic carbocycles. The number of benzene rings is 2. The van der Waals surface area contributed by atoms with Gasteiger partial charge in [0.1, 0.15) is 36.1 Å². The summed E-state index contributed by atoms with van der Waals surface area (Å²) in [5.41, 5.74) is 1.98. The van der Waals surface area contributed by atoms with Gasteiger partial charge < -0.3 is 39.4 Å². The van der Waals surface area contributed by atoms with Crippen LogP contribution in [0.1, 0.15) is 17.0 Å². The number of carbonyl (C=O) groups is 2. The minimum Gasteiger partial charge on any atom is -0.497 e. The summed E-state index contributed by atoms with van der Waals surface area (Å²) in [6.07, 6.45) is 0.144. The molecule has 1 aliphatic heterocycles. The second-order valence-electron chi connectivity index (χ2n) is 9.13. The maximum absolute atomic E-state index is 13.3. The third-order valence-corrected chi connectivity index (χ3v) is 6.93. The fourth-order valence-electron chi connectivity index (χ4n) is 5.16. The molecule has 2 amide bonds. The first-order chi connectivity index (χ1) is 18.4. The molecule has 0 bridgehead atoms. The summed E-state index contributed by atoms with van der Waals surface area (Å²) in [5.74, 6) is 0.617. The van der Waals surface area contributed by atoms with Gasteiger partial charge in [-0.05, 0) is 42.3 Å².